The molecule has 1 aliphatic rings. The van der Waals surface area contributed by atoms with Crippen LogP contribution in [0, 0.1) is 6.92 Å². The molecule has 30 heavy (non-hydrogen) atoms. The molecule has 1 amide bonds. The summed E-state index contributed by atoms with van der Waals surface area (Å²) in [6.45, 7) is 1.74. The van der Waals surface area contributed by atoms with Crippen molar-refractivity contribution < 1.29 is 18.5 Å². The van der Waals surface area contributed by atoms with Crippen LogP contribution >= 0.6 is 15.9 Å². The summed E-state index contributed by atoms with van der Waals surface area (Å²) in [4.78, 5) is 28.3. The van der Waals surface area contributed by atoms with E-state index in [4.69, 9.17) is 13.7 Å². The molecule has 3 heterocycles. The topological polar surface area (TPSA) is 85.8 Å². The molecule has 7 nitrogen and oxygen atoms in total. The van der Waals surface area contributed by atoms with Crippen LogP contribution in [-0.2, 0) is 0 Å². The summed E-state index contributed by atoms with van der Waals surface area (Å²) in [5.74, 6) is 1.02. The number of carbonyl (C=O) groups is 1. The molecule has 0 saturated carbocycles. The predicted octanol–water partition coefficient (Wildman–Crippen LogP) is 4.61. The fourth-order valence-corrected chi connectivity index (χ4v) is 4.14. The van der Waals surface area contributed by atoms with E-state index >= 15 is 0 Å². The molecule has 1 aliphatic heterocycles. The van der Waals surface area contributed by atoms with Gasteiger partial charge in [0.15, 0.2) is 11.2 Å². The molecule has 1 atom stereocenters. The first-order valence-corrected chi connectivity index (χ1v) is 9.94. The van der Waals surface area contributed by atoms with Gasteiger partial charge in [0, 0.05) is 10.5 Å². The number of carbonyl (C=O) groups excluding carboxylic acids is 1. The van der Waals surface area contributed by atoms with Crippen LogP contribution in [0.25, 0.3) is 11.0 Å². The lowest BCUT2D eigenvalue weighted by atomic mass is 9.98. The van der Waals surface area contributed by atoms with Gasteiger partial charge < -0.3 is 13.7 Å². The van der Waals surface area contributed by atoms with Crippen LogP contribution in [0.15, 0.2) is 66.7 Å². The number of fused-ring (bicyclic) bond motifs is 2. The summed E-state index contributed by atoms with van der Waals surface area (Å²) < 4.78 is 17.2. The Morgan fingerprint density at radius 1 is 1.13 bits per heavy atom. The average molecular weight is 467 g/mol. The van der Waals surface area contributed by atoms with Crippen LogP contribution < -0.4 is 15.1 Å². The van der Waals surface area contributed by atoms with Crippen LogP contribution in [-0.4, -0.2) is 18.2 Å². The van der Waals surface area contributed by atoms with Crippen molar-refractivity contribution in [1.82, 2.24) is 5.16 Å². The number of nitrogens with zero attached hydrogens (tertiary/aromatic N) is 2. The number of ether oxygens (including phenoxy) is 1. The molecule has 2 aromatic carbocycles. The number of amides is 1. The van der Waals surface area contributed by atoms with Crippen molar-refractivity contribution in [1.29, 1.82) is 0 Å². The highest BCUT2D eigenvalue weighted by atomic mass is 79.9. The number of benzene rings is 2. The van der Waals surface area contributed by atoms with Crippen molar-refractivity contribution in [2.24, 2.45) is 0 Å². The number of rotatable bonds is 3. The second kappa shape index (κ2) is 6.84. The summed E-state index contributed by atoms with van der Waals surface area (Å²) in [5, 5.41) is 4.40. The molecule has 0 saturated heterocycles. The predicted molar refractivity (Wildman–Crippen MR) is 113 cm³/mol. The zero-order valence-electron chi connectivity index (χ0n) is 16.0. The molecule has 5 rings (SSSR count). The molecule has 0 N–H and O–H groups in total. The van der Waals surface area contributed by atoms with Gasteiger partial charge in [0.1, 0.15) is 17.1 Å². The van der Waals surface area contributed by atoms with Gasteiger partial charge in [-0.1, -0.05) is 33.2 Å². The Kier molecular flexibility index (Phi) is 4.25. The van der Waals surface area contributed by atoms with Gasteiger partial charge in [-0.05, 0) is 42.8 Å². The summed E-state index contributed by atoms with van der Waals surface area (Å²) in [7, 11) is 1.56. The Balaban J connectivity index is 1.83. The van der Waals surface area contributed by atoms with Crippen molar-refractivity contribution in [3.63, 3.8) is 0 Å². The Labute approximate surface area is 179 Å². The summed E-state index contributed by atoms with van der Waals surface area (Å²) >= 11 is 3.39. The molecule has 4 aromatic rings. The molecule has 2 aromatic heterocycles. The molecule has 8 heteroatoms. The fraction of sp³-hybridized carbons (Fsp3) is 0.136. The molecular weight excluding hydrogens is 452 g/mol. The Morgan fingerprint density at radius 2 is 1.97 bits per heavy atom. The zero-order valence-corrected chi connectivity index (χ0v) is 17.6. The van der Waals surface area contributed by atoms with Gasteiger partial charge in [-0.25, -0.2) is 0 Å². The maximum Gasteiger partial charge on any atom is 0.296 e. The van der Waals surface area contributed by atoms with E-state index in [9.17, 15) is 9.59 Å². The molecule has 0 spiro atoms. The SMILES string of the molecule is COc1cccc([C@@H]2c3c(oc4ccc(Br)cc4c3=O)C(=O)N2c2cc(C)on2)c1. The molecule has 0 aliphatic carbocycles. The quantitative estimate of drug-likeness (QED) is 0.438. The van der Waals surface area contributed by atoms with Crippen LogP contribution in [0.5, 0.6) is 5.75 Å². The van der Waals surface area contributed by atoms with Gasteiger partial charge in [0.2, 0.25) is 5.76 Å². The van der Waals surface area contributed by atoms with Gasteiger partial charge in [0.25, 0.3) is 5.91 Å². The highest BCUT2D eigenvalue weighted by molar-refractivity contribution is 9.10. The number of anilines is 1. The third-order valence-corrected chi connectivity index (χ3v) is 5.60. The van der Waals surface area contributed by atoms with Crippen LogP contribution in [0.1, 0.15) is 33.5 Å². The van der Waals surface area contributed by atoms with Crippen molar-refractivity contribution in [3.8, 4) is 5.75 Å². The Bertz CT molecular complexity index is 1370. The summed E-state index contributed by atoms with van der Waals surface area (Å²) in [5.41, 5.74) is 1.04. The highest BCUT2D eigenvalue weighted by Gasteiger charge is 2.45. The lowest BCUT2D eigenvalue weighted by Crippen LogP contribution is -2.29. The largest absolute Gasteiger partial charge is 0.497 e. The molecular formula is C22H15BrN2O5. The number of aryl methyl sites for hydroxylation is 1. The molecule has 0 radical (unpaired) electrons. The van der Waals surface area contributed by atoms with E-state index in [0.717, 1.165) is 4.47 Å². The first kappa shape index (κ1) is 18.6. The van der Waals surface area contributed by atoms with Gasteiger partial charge in [-0.2, -0.15) is 0 Å². The van der Waals surface area contributed by atoms with Gasteiger partial charge in [0.05, 0.1) is 24.1 Å². The average Bonchev–Trinajstić information content (AvgIpc) is 3.30. The number of aromatic nitrogens is 1. The second-order valence-corrected chi connectivity index (χ2v) is 7.88. The molecule has 150 valence electrons. The lowest BCUT2D eigenvalue weighted by Gasteiger charge is -2.22. The third kappa shape index (κ3) is 2.75. The molecule has 0 fully saturated rings. The van der Waals surface area contributed by atoms with Crippen molar-refractivity contribution in [2.75, 3.05) is 12.0 Å². The van der Waals surface area contributed by atoms with Crippen LogP contribution in [0.2, 0.25) is 0 Å². The fourth-order valence-electron chi connectivity index (χ4n) is 3.78. The number of methoxy groups -OCH3 is 1. The lowest BCUT2D eigenvalue weighted by molar-refractivity contribution is 0.0969. The van der Waals surface area contributed by atoms with Crippen molar-refractivity contribution in [2.45, 2.75) is 13.0 Å². The normalized spacial score (nSPS) is 15.6. The van der Waals surface area contributed by atoms with Gasteiger partial charge >= 0.3 is 0 Å². The number of halogens is 1. The Morgan fingerprint density at radius 3 is 2.70 bits per heavy atom. The van der Waals surface area contributed by atoms with Crippen LogP contribution in [0.3, 0.4) is 0 Å². The van der Waals surface area contributed by atoms with Gasteiger partial charge in [-0.3, -0.25) is 14.5 Å². The van der Waals surface area contributed by atoms with E-state index < -0.39 is 11.9 Å². The van der Waals surface area contributed by atoms with Gasteiger partial charge in [-0.15, -0.1) is 0 Å². The molecule has 0 bridgehead atoms. The number of hydrogen-bond donors (Lipinski definition) is 0. The number of hydrogen-bond acceptors (Lipinski definition) is 6. The first-order chi connectivity index (χ1) is 14.5. The maximum atomic E-state index is 13.5. The highest BCUT2D eigenvalue weighted by Crippen LogP contribution is 2.41. The van der Waals surface area contributed by atoms with E-state index in [1.54, 1.807) is 50.4 Å². The monoisotopic (exact) mass is 466 g/mol. The standard InChI is InChI=1S/C22H15BrN2O5/c1-11-8-17(24-30-11)25-19(12-4-3-5-14(9-12)28-2)18-20(26)15-10-13(23)6-7-16(15)29-21(18)22(25)27/h3-10,19H,1-2H3/t19-/m1/s1. The van der Waals surface area contributed by atoms with Crippen molar-refractivity contribution in [3.05, 3.63) is 85.9 Å². The van der Waals surface area contributed by atoms with Crippen molar-refractivity contribution >= 4 is 38.6 Å². The van der Waals surface area contributed by atoms with E-state index in [1.807, 2.05) is 12.1 Å². The van der Waals surface area contributed by atoms with E-state index in [2.05, 4.69) is 21.1 Å². The summed E-state index contributed by atoms with van der Waals surface area (Å²) in [6.07, 6.45) is 0. The van der Waals surface area contributed by atoms with Crippen LogP contribution in [0.4, 0.5) is 5.82 Å². The van der Waals surface area contributed by atoms with E-state index in [0.29, 0.717) is 33.9 Å². The van der Waals surface area contributed by atoms with E-state index in [1.165, 1.54) is 4.90 Å². The third-order valence-electron chi connectivity index (χ3n) is 5.10. The molecule has 0 unspecified atom stereocenters. The smallest absolute Gasteiger partial charge is 0.296 e. The maximum absolute atomic E-state index is 13.5. The zero-order chi connectivity index (χ0) is 21.0. The summed E-state index contributed by atoms with van der Waals surface area (Å²) in [6, 6.07) is 13.3. The Hall–Kier alpha value is -3.39. The minimum absolute atomic E-state index is 0.00305. The minimum Gasteiger partial charge on any atom is -0.497 e. The second-order valence-electron chi connectivity index (χ2n) is 6.96. The minimum atomic E-state index is -0.730. The van der Waals surface area contributed by atoms with E-state index in [-0.39, 0.29) is 16.8 Å². The first-order valence-electron chi connectivity index (χ1n) is 9.15.